The minimum Gasteiger partial charge on any atom is -0.493 e. The highest BCUT2D eigenvalue weighted by molar-refractivity contribution is 9.10. The zero-order valence-electron chi connectivity index (χ0n) is 6.39. The van der Waals surface area contributed by atoms with E-state index >= 15 is 0 Å². The Morgan fingerprint density at radius 1 is 1.33 bits per heavy atom. The highest BCUT2D eigenvalue weighted by atomic mass is 79.9. The lowest BCUT2D eigenvalue weighted by molar-refractivity contribution is 0.345. The van der Waals surface area contributed by atoms with Crippen molar-refractivity contribution in [3.63, 3.8) is 0 Å². The lowest BCUT2D eigenvalue weighted by Crippen LogP contribution is -1.98. The van der Waals surface area contributed by atoms with Crippen molar-refractivity contribution in [1.82, 2.24) is 0 Å². The maximum Gasteiger partial charge on any atom is 0.122 e. The van der Waals surface area contributed by atoms with Crippen LogP contribution >= 0.6 is 31.9 Å². The number of nitrogens with two attached hydrogens (primary N) is 1. The number of anilines is 1. The largest absolute Gasteiger partial charge is 0.493 e. The lowest BCUT2D eigenvalue weighted by Gasteiger charge is -2.05. The van der Waals surface area contributed by atoms with Gasteiger partial charge in [0.2, 0.25) is 0 Å². The molecule has 1 aromatic rings. The van der Waals surface area contributed by atoms with Gasteiger partial charge in [-0.2, -0.15) is 0 Å². The van der Waals surface area contributed by atoms with Crippen molar-refractivity contribution in [3.05, 3.63) is 22.7 Å². The molecule has 0 aliphatic rings. The number of alkyl halides is 1. The van der Waals surface area contributed by atoms with Gasteiger partial charge in [-0.3, -0.25) is 0 Å². The number of hydrogen-bond donors (Lipinski definition) is 1. The molecule has 0 aliphatic carbocycles. The van der Waals surface area contributed by atoms with Gasteiger partial charge < -0.3 is 10.5 Å². The predicted molar refractivity (Wildman–Crippen MR) is 57.8 cm³/mol. The van der Waals surface area contributed by atoms with Crippen LogP contribution in [0, 0.1) is 0 Å². The van der Waals surface area contributed by atoms with Gasteiger partial charge >= 0.3 is 0 Å². The SMILES string of the molecule is Nc1cc(Br)cc(OCCBr)c1. The van der Waals surface area contributed by atoms with E-state index in [0.717, 1.165) is 15.6 Å². The van der Waals surface area contributed by atoms with Crippen LogP contribution in [0.4, 0.5) is 5.69 Å². The Bertz CT molecular complexity index is 245. The van der Waals surface area contributed by atoms with Gasteiger partial charge in [0.1, 0.15) is 5.75 Å². The molecule has 1 aromatic carbocycles. The maximum absolute atomic E-state index is 5.61. The predicted octanol–water partition coefficient (Wildman–Crippen LogP) is 2.81. The molecule has 2 N–H and O–H groups in total. The van der Waals surface area contributed by atoms with Crippen molar-refractivity contribution in [2.24, 2.45) is 0 Å². The van der Waals surface area contributed by atoms with E-state index in [-0.39, 0.29) is 0 Å². The van der Waals surface area contributed by atoms with Crippen LogP contribution in [-0.2, 0) is 0 Å². The third kappa shape index (κ3) is 3.03. The summed E-state index contributed by atoms with van der Waals surface area (Å²) in [6.07, 6.45) is 0. The van der Waals surface area contributed by atoms with E-state index in [1.54, 1.807) is 6.07 Å². The smallest absolute Gasteiger partial charge is 0.122 e. The molecule has 0 unspecified atom stereocenters. The second-order valence-electron chi connectivity index (χ2n) is 2.26. The number of hydrogen-bond acceptors (Lipinski definition) is 2. The van der Waals surface area contributed by atoms with Crippen LogP contribution in [0.25, 0.3) is 0 Å². The second kappa shape index (κ2) is 4.72. The second-order valence-corrected chi connectivity index (χ2v) is 3.97. The standard InChI is InChI=1S/C8H9Br2NO/c9-1-2-12-8-4-6(10)3-7(11)5-8/h3-5H,1-2,11H2. The highest BCUT2D eigenvalue weighted by Crippen LogP contribution is 2.22. The molecule has 0 spiro atoms. The van der Waals surface area contributed by atoms with Crippen molar-refractivity contribution in [2.75, 3.05) is 17.7 Å². The first-order chi connectivity index (χ1) is 5.72. The molecule has 0 saturated heterocycles. The summed E-state index contributed by atoms with van der Waals surface area (Å²) in [7, 11) is 0. The number of benzene rings is 1. The molecule has 0 radical (unpaired) electrons. The zero-order chi connectivity index (χ0) is 8.97. The van der Waals surface area contributed by atoms with Gasteiger partial charge in [0.25, 0.3) is 0 Å². The molecule has 0 saturated carbocycles. The molecule has 0 aromatic heterocycles. The number of ether oxygens (including phenoxy) is 1. The first-order valence-corrected chi connectivity index (χ1v) is 5.38. The summed E-state index contributed by atoms with van der Waals surface area (Å²) in [5.41, 5.74) is 6.31. The van der Waals surface area contributed by atoms with E-state index in [1.165, 1.54) is 0 Å². The summed E-state index contributed by atoms with van der Waals surface area (Å²) in [6, 6.07) is 5.52. The van der Waals surface area contributed by atoms with Crippen LogP contribution < -0.4 is 10.5 Å². The van der Waals surface area contributed by atoms with Crippen LogP contribution in [0.1, 0.15) is 0 Å². The molecule has 0 amide bonds. The van der Waals surface area contributed by atoms with E-state index in [2.05, 4.69) is 31.9 Å². The van der Waals surface area contributed by atoms with E-state index in [0.29, 0.717) is 12.3 Å². The van der Waals surface area contributed by atoms with Crippen molar-refractivity contribution in [1.29, 1.82) is 0 Å². The molecule has 66 valence electrons. The molecule has 2 nitrogen and oxygen atoms in total. The van der Waals surface area contributed by atoms with Crippen LogP contribution in [-0.4, -0.2) is 11.9 Å². The summed E-state index contributed by atoms with van der Waals surface area (Å²) < 4.78 is 6.30. The number of halogens is 2. The summed E-state index contributed by atoms with van der Waals surface area (Å²) in [5, 5.41) is 0.819. The van der Waals surface area contributed by atoms with Crippen LogP contribution in [0.15, 0.2) is 22.7 Å². The Balaban J connectivity index is 2.72. The Morgan fingerprint density at radius 3 is 2.67 bits per heavy atom. The fraction of sp³-hybridized carbons (Fsp3) is 0.250. The molecule has 0 heterocycles. The molecule has 1 rings (SSSR count). The zero-order valence-corrected chi connectivity index (χ0v) is 9.56. The third-order valence-electron chi connectivity index (χ3n) is 1.24. The third-order valence-corrected chi connectivity index (χ3v) is 2.02. The van der Waals surface area contributed by atoms with Crippen LogP contribution in [0.3, 0.4) is 0 Å². The molecule has 4 heteroatoms. The van der Waals surface area contributed by atoms with Gasteiger partial charge in [-0.1, -0.05) is 31.9 Å². The molecule has 12 heavy (non-hydrogen) atoms. The molecule has 0 atom stereocenters. The first kappa shape index (κ1) is 9.86. The Kier molecular flexibility index (Phi) is 3.88. The minimum atomic E-state index is 0.649. The van der Waals surface area contributed by atoms with E-state index < -0.39 is 0 Å². The van der Waals surface area contributed by atoms with Gasteiger partial charge in [-0.05, 0) is 12.1 Å². The summed E-state index contributed by atoms with van der Waals surface area (Å²) >= 11 is 6.61. The quantitative estimate of drug-likeness (QED) is 0.687. The van der Waals surface area contributed by atoms with Crippen molar-refractivity contribution in [2.45, 2.75) is 0 Å². The van der Waals surface area contributed by atoms with Crippen LogP contribution in [0.2, 0.25) is 0 Å². The summed E-state index contributed by atoms with van der Waals surface area (Å²) in [4.78, 5) is 0. The monoisotopic (exact) mass is 293 g/mol. The number of rotatable bonds is 3. The minimum absolute atomic E-state index is 0.649. The fourth-order valence-corrected chi connectivity index (χ4v) is 1.48. The Labute approximate surface area is 88.3 Å². The molecule has 0 bridgehead atoms. The fourth-order valence-electron chi connectivity index (χ4n) is 0.824. The van der Waals surface area contributed by atoms with Crippen LogP contribution in [0.5, 0.6) is 5.75 Å². The van der Waals surface area contributed by atoms with Gasteiger partial charge in [0.15, 0.2) is 0 Å². The molecule has 0 fully saturated rings. The van der Waals surface area contributed by atoms with Gasteiger partial charge in [0.05, 0.1) is 6.61 Å². The summed E-state index contributed by atoms with van der Waals surface area (Å²) in [5.74, 6) is 0.793. The maximum atomic E-state index is 5.61. The summed E-state index contributed by atoms with van der Waals surface area (Å²) in [6.45, 7) is 0.649. The average molecular weight is 295 g/mol. The lowest BCUT2D eigenvalue weighted by atomic mass is 10.3. The van der Waals surface area contributed by atoms with E-state index in [1.807, 2.05) is 12.1 Å². The Morgan fingerprint density at radius 2 is 2.08 bits per heavy atom. The molecule has 0 aliphatic heterocycles. The highest BCUT2D eigenvalue weighted by Gasteiger charge is 1.96. The average Bonchev–Trinajstić information content (AvgIpc) is 1.99. The molecular weight excluding hydrogens is 286 g/mol. The topological polar surface area (TPSA) is 35.2 Å². The van der Waals surface area contributed by atoms with Crippen molar-refractivity contribution >= 4 is 37.5 Å². The van der Waals surface area contributed by atoms with Crippen molar-refractivity contribution < 1.29 is 4.74 Å². The number of nitrogen functional groups attached to an aromatic ring is 1. The van der Waals surface area contributed by atoms with Gasteiger partial charge in [-0.25, -0.2) is 0 Å². The van der Waals surface area contributed by atoms with E-state index in [4.69, 9.17) is 10.5 Å². The first-order valence-electron chi connectivity index (χ1n) is 3.47. The van der Waals surface area contributed by atoms with Gasteiger partial charge in [-0.15, -0.1) is 0 Å². The van der Waals surface area contributed by atoms with Crippen molar-refractivity contribution in [3.8, 4) is 5.75 Å². The van der Waals surface area contributed by atoms with E-state index in [9.17, 15) is 0 Å². The molecular formula is C8H9Br2NO. The van der Waals surface area contributed by atoms with Gasteiger partial charge in [0, 0.05) is 21.6 Å². The normalized spacial score (nSPS) is 9.83. The Hall–Kier alpha value is -0.220.